The number of carbonyl (C=O) groups is 1. The Kier molecular flexibility index (Phi) is 5.55. The summed E-state index contributed by atoms with van der Waals surface area (Å²) in [5, 5.41) is 17.4. The first-order valence-corrected chi connectivity index (χ1v) is 10.4. The van der Waals surface area contributed by atoms with Gasteiger partial charge in [-0.3, -0.25) is 0 Å². The summed E-state index contributed by atoms with van der Waals surface area (Å²) in [4.78, 5) is 18.7. The molecule has 4 rings (SSSR count). The molecule has 162 valence electrons. The van der Waals surface area contributed by atoms with Crippen LogP contribution in [0.2, 0.25) is 0 Å². The third-order valence-electron chi connectivity index (χ3n) is 5.09. The number of aromatic nitrogens is 3. The number of amides is 1. The normalized spacial score (nSPS) is 16.8. The van der Waals surface area contributed by atoms with Crippen LogP contribution >= 0.6 is 0 Å². The van der Waals surface area contributed by atoms with Crippen molar-refractivity contribution >= 4 is 17.6 Å². The number of ether oxygens (including phenoxy) is 1. The smallest absolute Gasteiger partial charge is 0.410 e. The molecule has 0 radical (unpaired) electrons. The van der Waals surface area contributed by atoms with Gasteiger partial charge in [-0.1, -0.05) is 0 Å². The van der Waals surface area contributed by atoms with Gasteiger partial charge in [-0.15, -0.1) is 0 Å². The Morgan fingerprint density at radius 3 is 2.97 bits per heavy atom. The van der Waals surface area contributed by atoms with Crippen molar-refractivity contribution in [1.82, 2.24) is 19.5 Å². The second kappa shape index (κ2) is 8.30. The van der Waals surface area contributed by atoms with Gasteiger partial charge in [-0.05, 0) is 57.7 Å². The van der Waals surface area contributed by atoms with E-state index < -0.39 is 5.60 Å². The Hall–Kier alpha value is -3.54. The quantitative estimate of drug-likeness (QED) is 0.679. The zero-order valence-corrected chi connectivity index (χ0v) is 18.0. The Labute approximate surface area is 180 Å². The first-order valence-electron chi connectivity index (χ1n) is 10.4. The van der Waals surface area contributed by atoms with Gasteiger partial charge in [0.1, 0.15) is 28.7 Å². The summed E-state index contributed by atoms with van der Waals surface area (Å²) in [6.07, 6.45) is 5.01. The van der Waals surface area contributed by atoms with E-state index >= 15 is 0 Å². The van der Waals surface area contributed by atoms with E-state index in [2.05, 4.69) is 21.5 Å². The largest absolute Gasteiger partial charge is 0.463 e. The van der Waals surface area contributed by atoms with Crippen LogP contribution in [0.3, 0.4) is 0 Å². The van der Waals surface area contributed by atoms with Crippen molar-refractivity contribution in [2.45, 2.75) is 39.2 Å². The van der Waals surface area contributed by atoms with Crippen LogP contribution in [0.25, 0.3) is 17.1 Å². The average Bonchev–Trinajstić information content (AvgIpc) is 3.38. The molecule has 1 aliphatic heterocycles. The van der Waals surface area contributed by atoms with Crippen molar-refractivity contribution in [3.63, 3.8) is 0 Å². The van der Waals surface area contributed by atoms with E-state index in [-0.39, 0.29) is 6.09 Å². The van der Waals surface area contributed by atoms with E-state index in [1.807, 2.05) is 26.8 Å². The lowest BCUT2D eigenvalue weighted by molar-refractivity contribution is 0.0172. The van der Waals surface area contributed by atoms with Gasteiger partial charge in [-0.2, -0.15) is 10.4 Å². The van der Waals surface area contributed by atoms with Crippen LogP contribution in [0.4, 0.5) is 10.6 Å². The molecule has 0 spiro atoms. The van der Waals surface area contributed by atoms with Crippen molar-refractivity contribution in [2.75, 3.05) is 25.0 Å². The van der Waals surface area contributed by atoms with E-state index in [0.717, 1.165) is 12.8 Å². The van der Waals surface area contributed by atoms with Gasteiger partial charge in [0.05, 0.1) is 6.26 Å². The van der Waals surface area contributed by atoms with Gasteiger partial charge in [0, 0.05) is 25.8 Å². The van der Waals surface area contributed by atoms with Crippen LogP contribution in [-0.2, 0) is 4.74 Å². The maximum atomic E-state index is 12.4. The molecule has 0 aliphatic carbocycles. The fraction of sp³-hybridized carbons (Fsp3) is 0.455. The molecule has 0 saturated carbocycles. The number of hydrogen-bond donors (Lipinski definition) is 1. The summed E-state index contributed by atoms with van der Waals surface area (Å²) in [5.74, 6) is 1.48. The predicted octanol–water partition coefficient (Wildman–Crippen LogP) is 3.92. The first kappa shape index (κ1) is 20.7. The third-order valence-corrected chi connectivity index (χ3v) is 5.09. The molecular weight excluding hydrogens is 396 g/mol. The molecule has 31 heavy (non-hydrogen) atoms. The van der Waals surface area contributed by atoms with Crippen LogP contribution in [0.15, 0.2) is 35.1 Å². The molecule has 1 fully saturated rings. The van der Waals surface area contributed by atoms with Gasteiger partial charge in [0.25, 0.3) is 0 Å². The highest BCUT2D eigenvalue weighted by Crippen LogP contribution is 2.26. The topological polar surface area (TPSA) is 109 Å². The molecule has 1 N–H and O–H groups in total. The van der Waals surface area contributed by atoms with E-state index in [4.69, 9.17) is 9.15 Å². The second-order valence-corrected chi connectivity index (χ2v) is 8.71. The van der Waals surface area contributed by atoms with Crippen LogP contribution in [0, 0.1) is 17.2 Å². The molecule has 0 aromatic carbocycles. The summed E-state index contributed by atoms with van der Waals surface area (Å²) >= 11 is 0. The zero-order valence-electron chi connectivity index (χ0n) is 18.0. The summed E-state index contributed by atoms with van der Waals surface area (Å²) in [5.41, 5.74) is 0.808. The number of rotatable bonds is 4. The second-order valence-electron chi connectivity index (χ2n) is 8.71. The number of nitrogens with zero attached hydrogens (tertiary/aromatic N) is 5. The molecule has 4 heterocycles. The highest BCUT2D eigenvalue weighted by atomic mass is 16.6. The molecule has 9 heteroatoms. The fourth-order valence-electron chi connectivity index (χ4n) is 3.69. The summed E-state index contributed by atoms with van der Waals surface area (Å²) in [6, 6.07) is 7.53. The number of fused-ring (bicyclic) bond motifs is 1. The van der Waals surface area contributed by atoms with Gasteiger partial charge in [0.2, 0.25) is 0 Å². The lowest BCUT2D eigenvalue weighted by Crippen LogP contribution is -2.44. The standard InChI is InChI=1S/C22H26N6O3/c1-22(2,3)31-21(29)27-9-4-6-15(14-27)13-24-18-8-10-28-20(25-18)16(12-23)19(26-28)17-7-5-11-30-17/h5,7-8,10-11,15H,4,6,9,13-14H2,1-3H3,(H,24,25). The Bertz CT molecular complexity index is 1110. The molecule has 1 amide bonds. The number of nitrogens with one attached hydrogen (secondary N) is 1. The highest BCUT2D eigenvalue weighted by molar-refractivity contribution is 5.73. The minimum atomic E-state index is -0.500. The molecule has 0 bridgehead atoms. The average molecular weight is 422 g/mol. The van der Waals surface area contributed by atoms with Crippen LogP contribution in [0.1, 0.15) is 39.2 Å². The highest BCUT2D eigenvalue weighted by Gasteiger charge is 2.27. The van der Waals surface area contributed by atoms with E-state index in [0.29, 0.717) is 54.0 Å². The summed E-state index contributed by atoms with van der Waals surface area (Å²) in [7, 11) is 0. The lowest BCUT2D eigenvalue weighted by Gasteiger charge is -2.34. The van der Waals surface area contributed by atoms with Crippen molar-refractivity contribution in [2.24, 2.45) is 5.92 Å². The first-order chi connectivity index (χ1) is 14.8. The van der Waals surface area contributed by atoms with E-state index in [9.17, 15) is 10.1 Å². The van der Waals surface area contributed by atoms with Crippen LogP contribution < -0.4 is 5.32 Å². The van der Waals surface area contributed by atoms with Gasteiger partial charge in [0.15, 0.2) is 11.4 Å². The predicted molar refractivity (Wildman–Crippen MR) is 114 cm³/mol. The van der Waals surface area contributed by atoms with Crippen molar-refractivity contribution in [1.29, 1.82) is 5.26 Å². The molecule has 9 nitrogen and oxygen atoms in total. The monoisotopic (exact) mass is 422 g/mol. The Morgan fingerprint density at radius 1 is 1.42 bits per heavy atom. The number of furan rings is 1. The maximum absolute atomic E-state index is 12.4. The van der Waals surface area contributed by atoms with E-state index in [1.54, 1.807) is 34.0 Å². The number of carbonyl (C=O) groups excluding carboxylic acids is 1. The molecular formula is C22H26N6O3. The fourth-order valence-corrected chi connectivity index (χ4v) is 3.69. The van der Waals surface area contributed by atoms with Gasteiger partial charge in [-0.25, -0.2) is 14.3 Å². The summed E-state index contributed by atoms with van der Waals surface area (Å²) in [6.45, 7) is 7.65. The number of anilines is 1. The third kappa shape index (κ3) is 4.63. The van der Waals surface area contributed by atoms with E-state index in [1.165, 1.54) is 0 Å². The lowest BCUT2D eigenvalue weighted by atomic mass is 9.98. The minimum absolute atomic E-state index is 0.264. The summed E-state index contributed by atoms with van der Waals surface area (Å²) < 4.78 is 12.5. The molecule has 3 aromatic rings. The van der Waals surface area contributed by atoms with Gasteiger partial charge >= 0.3 is 6.09 Å². The zero-order chi connectivity index (χ0) is 22.0. The van der Waals surface area contributed by atoms with Crippen molar-refractivity contribution < 1.29 is 13.9 Å². The maximum Gasteiger partial charge on any atom is 0.410 e. The number of likely N-dealkylation sites (tertiary alicyclic amines) is 1. The van der Waals surface area contributed by atoms with Crippen molar-refractivity contribution in [3.05, 3.63) is 36.2 Å². The number of nitriles is 1. The van der Waals surface area contributed by atoms with Crippen molar-refractivity contribution in [3.8, 4) is 17.5 Å². The number of piperidine rings is 1. The molecule has 1 aliphatic rings. The molecule has 3 aromatic heterocycles. The SMILES string of the molecule is CC(C)(C)OC(=O)N1CCCC(CNc2ccn3nc(-c4ccco4)c(C#N)c3n2)C1. The number of hydrogen-bond acceptors (Lipinski definition) is 7. The minimum Gasteiger partial charge on any atom is -0.463 e. The van der Waals surface area contributed by atoms with Gasteiger partial charge < -0.3 is 19.4 Å². The van der Waals surface area contributed by atoms with Crippen LogP contribution in [-0.4, -0.2) is 50.8 Å². The molecule has 1 atom stereocenters. The Morgan fingerprint density at radius 2 is 2.26 bits per heavy atom. The Balaban J connectivity index is 1.44. The molecule has 1 saturated heterocycles. The van der Waals surface area contributed by atoms with Crippen LogP contribution in [0.5, 0.6) is 0 Å². The molecule has 1 unspecified atom stereocenters.